The van der Waals surface area contributed by atoms with Crippen LogP contribution in [0.25, 0.3) is 0 Å². The van der Waals surface area contributed by atoms with Gasteiger partial charge in [0.05, 0.1) is 11.6 Å². The molecule has 0 spiro atoms. The van der Waals surface area contributed by atoms with E-state index in [2.05, 4.69) is 15.9 Å². The van der Waals surface area contributed by atoms with E-state index in [1.54, 1.807) is 12.0 Å². The zero-order valence-electron chi connectivity index (χ0n) is 13.5. The lowest BCUT2D eigenvalue weighted by Crippen LogP contribution is -2.36. The Labute approximate surface area is 139 Å². The number of amides is 1. The monoisotopic (exact) mass is 370 g/mol. The van der Waals surface area contributed by atoms with E-state index in [9.17, 15) is 4.79 Å². The molecule has 1 amide bonds. The van der Waals surface area contributed by atoms with E-state index in [1.165, 1.54) is 0 Å². The highest BCUT2D eigenvalue weighted by molar-refractivity contribution is 9.10. The topological polar surface area (TPSA) is 64.8 Å². The van der Waals surface area contributed by atoms with E-state index >= 15 is 0 Å². The van der Waals surface area contributed by atoms with Crippen LogP contribution in [-0.2, 0) is 11.3 Å². The number of carbonyl (C=O) groups is 1. The average molecular weight is 371 g/mol. The molecule has 1 aromatic carbocycles. The minimum Gasteiger partial charge on any atom is -0.496 e. The molecule has 2 rings (SSSR count). The van der Waals surface area contributed by atoms with Crippen LogP contribution in [0.5, 0.6) is 5.75 Å². The van der Waals surface area contributed by atoms with Gasteiger partial charge in [0.15, 0.2) is 0 Å². The fourth-order valence-corrected chi connectivity index (χ4v) is 2.99. The van der Waals surface area contributed by atoms with Crippen molar-refractivity contribution in [2.24, 2.45) is 5.73 Å². The van der Waals surface area contributed by atoms with Gasteiger partial charge in [0, 0.05) is 19.1 Å². The molecule has 0 radical (unpaired) electrons. The van der Waals surface area contributed by atoms with Gasteiger partial charge in [0.2, 0.25) is 0 Å². The summed E-state index contributed by atoms with van der Waals surface area (Å²) in [6.07, 6.45) is 0.389. The lowest BCUT2D eigenvalue weighted by molar-refractivity contribution is 0.0235. The number of methoxy groups -OCH3 is 1. The van der Waals surface area contributed by atoms with Crippen molar-refractivity contribution < 1.29 is 14.3 Å². The minimum atomic E-state index is -0.508. The molecule has 1 atom stereocenters. The molecule has 1 aliphatic rings. The lowest BCUT2D eigenvalue weighted by atomic mass is 10.00. The molecule has 122 valence electrons. The van der Waals surface area contributed by atoms with Gasteiger partial charge in [-0.25, -0.2) is 4.79 Å². The SMILES string of the molecule is COc1cc2c(cc1Br)[C@H](N)CCN(C(=O)OC(C)(C)C)C2. The third-order valence-electron chi connectivity index (χ3n) is 3.54. The van der Waals surface area contributed by atoms with Crippen molar-refractivity contribution in [2.45, 2.75) is 45.4 Å². The Kier molecular flexibility index (Phi) is 5.02. The second kappa shape index (κ2) is 6.46. The number of hydrogen-bond acceptors (Lipinski definition) is 4. The summed E-state index contributed by atoms with van der Waals surface area (Å²) in [6, 6.07) is 3.81. The molecule has 6 heteroatoms. The van der Waals surface area contributed by atoms with Crippen LogP contribution >= 0.6 is 15.9 Å². The highest BCUT2D eigenvalue weighted by atomic mass is 79.9. The zero-order chi connectivity index (χ0) is 16.5. The molecular formula is C16H23BrN2O3. The van der Waals surface area contributed by atoms with E-state index in [4.69, 9.17) is 15.2 Å². The van der Waals surface area contributed by atoms with E-state index in [0.717, 1.165) is 21.3 Å². The summed E-state index contributed by atoms with van der Waals surface area (Å²) in [5.41, 5.74) is 7.78. The molecule has 0 aliphatic carbocycles. The van der Waals surface area contributed by atoms with Crippen molar-refractivity contribution in [3.05, 3.63) is 27.7 Å². The van der Waals surface area contributed by atoms with E-state index in [1.807, 2.05) is 32.9 Å². The van der Waals surface area contributed by atoms with Crippen molar-refractivity contribution in [1.29, 1.82) is 0 Å². The molecule has 1 aliphatic heterocycles. The van der Waals surface area contributed by atoms with Gasteiger partial charge in [-0.1, -0.05) is 0 Å². The van der Waals surface area contributed by atoms with Gasteiger partial charge in [0.1, 0.15) is 11.4 Å². The largest absolute Gasteiger partial charge is 0.496 e. The summed E-state index contributed by atoms with van der Waals surface area (Å²) in [5.74, 6) is 0.733. The third-order valence-corrected chi connectivity index (χ3v) is 4.16. The predicted octanol–water partition coefficient (Wildman–Crippen LogP) is 3.60. The van der Waals surface area contributed by atoms with Crippen LogP contribution in [0.3, 0.4) is 0 Å². The number of hydrogen-bond donors (Lipinski definition) is 1. The maximum absolute atomic E-state index is 12.3. The Balaban J connectivity index is 2.29. The Morgan fingerprint density at radius 3 is 2.68 bits per heavy atom. The molecule has 0 bridgehead atoms. The summed E-state index contributed by atoms with van der Waals surface area (Å²) < 4.78 is 11.7. The molecule has 1 heterocycles. The summed E-state index contributed by atoms with van der Waals surface area (Å²) in [6.45, 7) is 6.64. The van der Waals surface area contributed by atoms with Crippen molar-refractivity contribution in [1.82, 2.24) is 4.90 Å². The minimum absolute atomic E-state index is 0.107. The Bertz CT molecular complexity index is 569. The highest BCUT2D eigenvalue weighted by Gasteiger charge is 2.27. The van der Waals surface area contributed by atoms with Crippen LogP contribution < -0.4 is 10.5 Å². The molecule has 1 aromatic rings. The number of ether oxygens (including phenoxy) is 2. The van der Waals surface area contributed by atoms with Gasteiger partial charge < -0.3 is 20.1 Å². The molecule has 0 aromatic heterocycles. The molecule has 0 fully saturated rings. The molecule has 22 heavy (non-hydrogen) atoms. The lowest BCUT2D eigenvalue weighted by Gasteiger charge is -2.26. The van der Waals surface area contributed by atoms with Crippen molar-refractivity contribution in [3.8, 4) is 5.75 Å². The quantitative estimate of drug-likeness (QED) is 0.819. The molecule has 0 saturated heterocycles. The van der Waals surface area contributed by atoms with Gasteiger partial charge in [-0.15, -0.1) is 0 Å². The van der Waals surface area contributed by atoms with E-state index in [-0.39, 0.29) is 12.1 Å². The third kappa shape index (κ3) is 3.93. The fourth-order valence-electron chi connectivity index (χ4n) is 2.47. The van der Waals surface area contributed by atoms with Gasteiger partial charge in [-0.2, -0.15) is 0 Å². The van der Waals surface area contributed by atoms with Gasteiger partial charge in [-0.3, -0.25) is 0 Å². The van der Waals surface area contributed by atoms with Gasteiger partial charge in [-0.05, 0) is 66.4 Å². The zero-order valence-corrected chi connectivity index (χ0v) is 15.1. The van der Waals surface area contributed by atoms with Crippen molar-refractivity contribution in [3.63, 3.8) is 0 Å². The van der Waals surface area contributed by atoms with Crippen LogP contribution in [0.2, 0.25) is 0 Å². The second-order valence-electron chi connectivity index (χ2n) is 6.48. The van der Waals surface area contributed by atoms with E-state index < -0.39 is 5.60 Å². The Morgan fingerprint density at radius 1 is 1.41 bits per heavy atom. The van der Waals surface area contributed by atoms with Crippen molar-refractivity contribution >= 4 is 22.0 Å². The first-order valence-electron chi connectivity index (χ1n) is 7.31. The maximum atomic E-state index is 12.3. The van der Waals surface area contributed by atoms with Crippen LogP contribution in [0.1, 0.15) is 44.4 Å². The number of nitrogens with zero attached hydrogens (tertiary/aromatic N) is 1. The number of halogens is 1. The first-order valence-corrected chi connectivity index (χ1v) is 8.10. The maximum Gasteiger partial charge on any atom is 0.410 e. The van der Waals surface area contributed by atoms with Crippen LogP contribution in [-0.4, -0.2) is 30.2 Å². The average Bonchev–Trinajstić information content (AvgIpc) is 2.56. The predicted molar refractivity (Wildman–Crippen MR) is 88.9 cm³/mol. The van der Waals surface area contributed by atoms with E-state index in [0.29, 0.717) is 19.5 Å². The number of rotatable bonds is 1. The van der Waals surface area contributed by atoms with Gasteiger partial charge in [0.25, 0.3) is 0 Å². The number of carbonyl (C=O) groups excluding carboxylic acids is 1. The first-order chi connectivity index (χ1) is 10.2. The Morgan fingerprint density at radius 2 is 2.09 bits per heavy atom. The standard InChI is InChI=1S/C16H23BrN2O3/c1-16(2,3)22-15(20)19-6-5-13(18)11-8-12(17)14(21-4)7-10(11)9-19/h7-8,13H,5-6,9,18H2,1-4H3/t13-/m1/s1. The smallest absolute Gasteiger partial charge is 0.410 e. The summed E-state index contributed by atoms with van der Waals surface area (Å²) in [4.78, 5) is 14.0. The Hall–Kier alpha value is -1.27. The second-order valence-corrected chi connectivity index (χ2v) is 7.34. The summed E-state index contributed by atoms with van der Waals surface area (Å²) >= 11 is 3.49. The molecule has 5 nitrogen and oxygen atoms in total. The van der Waals surface area contributed by atoms with Crippen LogP contribution in [0.15, 0.2) is 16.6 Å². The van der Waals surface area contributed by atoms with Crippen LogP contribution in [0, 0.1) is 0 Å². The van der Waals surface area contributed by atoms with Crippen LogP contribution in [0.4, 0.5) is 4.79 Å². The number of benzene rings is 1. The van der Waals surface area contributed by atoms with Gasteiger partial charge >= 0.3 is 6.09 Å². The number of nitrogens with two attached hydrogens (primary N) is 1. The molecule has 0 saturated carbocycles. The highest BCUT2D eigenvalue weighted by Crippen LogP contribution is 2.34. The summed E-state index contributed by atoms with van der Waals surface area (Å²) in [5, 5.41) is 0. The normalized spacial score (nSPS) is 18.5. The molecular weight excluding hydrogens is 348 g/mol. The molecule has 2 N–H and O–H groups in total. The first kappa shape index (κ1) is 17.1. The summed E-state index contributed by atoms with van der Waals surface area (Å²) in [7, 11) is 1.62. The van der Waals surface area contributed by atoms with Crippen molar-refractivity contribution in [2.75, 3.05) is 13.7 Å². The molecule has 0 unspecified atom stereocenters. The fraction of sp³-hybridized carbons (Fsp3) is 0.562. The number of fused-ring (bicyclic) bond motifs is 1.